The molecule has 0 aliphatic heterocycles. The number of hydrogen-bond donors (Lipinski definition) is 0. The lowest BCUT2D eigenvalue weighted by molar-refractivity contribution is 0.294. The van der Waals surface area contributed by atoms with E-state index in [0.717, 1.165) is 5.56 Å². The molecule has 0 radical (unpaired) electrons. The standard InChI is InChI=1S/C12H9Cl2NO/c13-10-6-4-9(5-7-10)8-16-12-3-1-2-11(14)15-12/h1-7H,8H2. The summed E-state index contributed by atoms with van der Waals surface area (Å²) in [5.74, 6) is 0.516. The molecule has 0 saturated carbocycles. The molecule has 2 nitrogen and oxygen atoms in total. The topological polar surface area (TPSA) is 22.1 Å². The van der Waals surface area contributed by atoms with Gasteiger partial charge in [-0.2, -0.15) is 0 Å². The largest absolute Gasteiger partial charge is 0.473 e. The Bertz CT molecular complexity index is 471. The fourth-order valence-corrected chi connectivity index (χ4v) is 1.49. The van der Waals surface area contributed by atoms with Crippen molar-refractivity contribution in [2.24, 2.45) is 0 Å². The van der Waals surface area contributed by atoms with E-state index in [4.69, 9.17) is 27.9 Å². The lowest BCUT2D eigenvalue weighted by Gasteiger charge is -2.05. The minimum Gasteiger partial charge on any atom is -0.473 e. The first-order valence-corrected chi connectivity index (χ1v) is 5.49. The van der Waals surface area contributed by atoms with Crippen LogP contribution in [-0.4, -0.2) is 4.98 Å². The molecule has 1 aromatic heterocycles. The molecule has 0 spiro atoms. The highest BCUT2D eigenvalue weighted by Gasteiger charge is 1.98. The summed E-state index contributed by atoms with van der Waals surface area (Å²) in [7, 11) is 0. The Hall–Kier alpha value is -1.25. The number of nitrogens with zero attached hydrogens (tertiary/aromatic N) is 1. The van der Waals surface area contributed by atoms with E-state index in [1.165, 1.54) is 0 Å². The van der Waals surface area contributed by atoms with Gasteiger partial charge in [-0.15, -0.1) is 0 Å². The molecule has 0 unspecified atom stereocenters. The molecule has 2 aromatic rings. The van der Waals surface area contributed by atoms with Crippen molar-refractivity contribution in [1.82, 2.24) is 4.98 Å². The summed E-state index contributed by atoms with van der Waals surface area (Å²) in [5, 5.41) is 1.14. The normalized spacial score (nSPS) is 10.1. The second-order valence-corrected chi connectivity index (χ2v) is 4.04. The monoisotopic (exact) mass is 253 g/mol. The zero-order valence-electron chi connectivity index (χ0n) is 8.36. The van der Waals surface area contributed by atoms with Crippen LogP contribution in [0.1, 0.15) is 5.56 Å². The van der Waals surface area contributed by atoms with Crippen LogP contribution in [0.3, 0.4) is 0 Å². The first-order valence-electron chi connectivity index (χ1n) is 4.74. The van der Waals surface area contributed by atoms with Crippen molar-refractivity contribution in [3.8, 4) is 5.88 Å². The average molecular weight is 254 g/mol. The fourth-order valence-electron chi connectivity index (χ4n) is 1.21. The molecule has 0 saturated heterocycles. The molecular weight excluding hydrogens is 245 g/mol. The number of aromatic nitrogens is 1. The van der Waals surface area contributed by atoms with Crippen molar-refractivity contribution < 1.29 is 4.74 Å². The van der Waals surface area contributed by atoms with E-state index in [1.807, 2.05) is 24.3 Å². The maximum Gasteiger partial charge on any atom is 0.214 e. The molecule has 0 aliphatic rings. The van der Waals surface area contributed by atoms with Gasteiger partial charge in [-0.05, 0) is 23.8 Å². The van der Waals surface area contributed by atoms with Crippen LogP contribution in [0.2, 0.25) is 10.2 Å². The van der Waals surface area contributed by atoms with E-state index in [1.54, 1.807) is 18.2 Å². The summed E-state index contributed by atoms with van der Waals surface area (Å²) in [4.78, 5) is 4.02. The summed E-state index contributed by atoms with van der Waals surface area (Å²) in [5.41, 5.74) is 1.03. The van der Waals surface area contributed by atoms with Crippen molar-refractivity contribution in [2.75, 3.05) is 0 Å². The fraction of sp³-hybridized carbons (Fsp3) is 0.0833. The van der Waals surface area contributed by atoms with Crippen LogP contribution in [0.4, 0.5) is 0 Å². The van der Waals surface area contributed by atoms with Gasteiger partial charge in [-0.25, -0.2) is 4.98 Å². The summed E-state index contributed by atoms with van der Waals surface area (Å²) >= 11 is 11.5. The third-order valence-electron chi connectivity index (χ3n) is 1.99. The molecule has 4 heteroatoms. The summed E-state index contributed by atoms with van der Waals surface area (Å²) in [6.07, 6.45) is 0. The Labute approximate surface area is 104 Å². The molecular formula is C12H9Cl2NO. The third kappa shape index (κ3) is 3.12. The average Bonchev–Trinajstić information content (AvgIpc) is 2.28. The van der Waals surface area contributed by atoms with Crippen LogP contribution in [-0.2, 0) is 6.61 Å². The van der Waals surface area contributed by atoms with Gasteiger partial charge in [0.2, 0.25) is 5.88 Å². The van der Waals surface area contributed by atoms with Gasteiger partial charge in [0, 0.05) is 11.1 Å². The number of pyridine rings is 1. The van der Waals surface area contributed by atoms with E-state index in [2.05, 4.69) is 4.98 Å². The van der Waals surface area contributed by atoms with Crippen LogP contribution in [0.15, 0.2) is 42.5 Å². The summed E-state index contributed by atoms with van der Waals surface area (Å²) < 4.78 is 5.47. The molecule has 0 bridgehead atoms. The molecule has 0 amide bonds. The van der Waals surface area contributed by atoms with Gasteiger partial charge in [0.25, 0.3) is 0 Å². The first-order chi connectivity index (χ1) is 7.74. The van der Waals surface area contributed by atoms with Crippen LogP contribution in [0, 0.1) is 0 Å². The minimum absolute atomic E-state index is 0.425. The molecule has 16 heavy (non-hydrogen) atoms. The van der Waals surface area contributed by atoms with Crippen molar-refractivity contribution in [2.45, 2.75) is 6.61 Å². The van der Waals surface area contributed by atoms with Gasteiger partial charge in [0.1, 0.15) is 11.8 Å². The van der Waals surface area contributed by atoms with Crippen LogP contribution < -0.4 is 4.74 Å². The third-order valence-corrected chi connectivity index (χ3v) is 2.45. The molecule has 1 heterocycles. The Balaban J connectivity index is 1.99. The Morgan fingerprint density at radius 3 is 2.44 bits per heavy atom. The zero-order valence-corrected chi connectivity index (χ0v) is 9.87. The lowest BCUT2D eigenvalue weighted by atomic mass is 10.2. The number of ether oxygens (including phenoxy) is 1. The van der Waals surface area contributed by atoms with Gasteiger partial charge >= 0.3 is 0 Å². The van der Waals surface area contributed by atoms with E-state index in [-0.39, 0.29) is 0 Å². The highest BCUT2D eigenvalue weighted by Crippen LogP contribution is 2.14. The van der Waals surface area contributed by atoms with E-state index in [9.17, 15) is 0 Å². The van der Waals surface area contributed by atoms with E-state index in [0.29, 0.717) is 22.7 Å². The molecule has 2 rings (SSSR count). The van der Waals surface area contributed by atoms with Crippen molar-refractivity contribution in [3.05, 3.63) is 58.2 Å². The molecule has 0 atom stereocenters. The Morgan fingerprint density at radius 1 is 1.00 bits per heavy atom. The highest BCUT2D eigenvalue weighted by atomic mass is 35.5. The van der Waals surface area contributed by atoms with Gasteiger partial charge < -0.3 is 4.74 Å². The van der Waals surface area contributed by atoms with Crippen LogP contribution >= 0.6 is 23.2 Å². The Kier molecular flexibility index (Phi) is 3.65. The van der Waals surface area contributed by atoms with Gasteiger partial charge in [0.15, 0.2) is 0 Å². The minimum atomic E-state index is 0.425. The molecule has 1 aromatic carbocycles. The molecule has 82 valence electrons. The second-order valence-electron chi connectivity index (χ2n) is 3.21. The van der Waals surface area contributed by atoms with Gasteiger partial charge in [-0.1, -0.05) is 41.4 Å². The summed E-state index contributed by atoms with van der Waals surface area (Å²) in [6.45, 7) is 0.449. The molecule has 0 N–H and O–H groups in total. The summed E-state index contributed by atoms with van der Waals surface area (Å²) in [6, 6.07) is 12.7. The van der Waals surface area contributed by atoms with Crippen LogP contribution in [0.25, 0.3) is 0 Å². The predicted molar refractivity (Wildman–Crippen MR) is 65.0 cm³/mol. The zero-order chi connectivity index (χ0) is 11.4. The van der Waals surface area contributed by atoms with Gasteiger partial charge in [0.05, 0.1) is 0 Å². The van der Waals surface area contributed by atoms with Crippen molar-refractivity contribution in [3.63, 3.8) is 0 Å². The second kappa shape index (κ2) is 5.19. The number of halogens is 2. The number of benzene rings is 1. The predicted octanol–water partition coefficient (Wildman–Crippen LogP) is 3.97. The van der Waals surface area contributed by atoms with Gasteiger partial charge in [-0.3, -0.25) is 0 Å². The maximum absolute atomic E-state index is 5.78. The number of rotatable bonds is 3. The maximum atomic E-state index is 5.78. The lowest BCUT2D eigenvalue weighted by Crippen LogP contribution is -1.96. The molecule has 0 aliphatic carbocycles. The number of hydrogen-bond acceptors (Lipinski definition) is 2. The SMILES string of the molecule is Clc1ccc(COc2cccc(Cl)n2)cc1. The highest BCUT2D eigenvalue weighted by molar-refractivity contribution is 6.30. The van der Waals surface area contributed by atoms with E-state index >= 15 is 0 Å². The Morgan fingerprint density at radius 2 is 1.75 bits per heavy atom. The first kappa shape index (κ1) is 11.2. The van der Waals surface area contributed by atoms with E-state index < -0.39 is 0 Å². The molecule has 0 fully saturated rings. The smallest absolute Gasteiger partial charge is 0.214 e. The van der Waals surface area contributed by atoms with Crippen LogP contribution in [0.5, 0.6) is 5.88 Å². The van der Waals surface area contributed by atoms with Crippen molar-refractivity contribution >= 4 is 23.2 Å². The quantitative estimate of drug-likeness (QED) is 0.773. The van der Waals surface area contributed by atoms with Crippen molar-refractivity contribution in [1.29, 1.82) is 0 Å².